The Bertz CT molecular complexity index is 395. The van der Waals surface area contributed by atoms with Gasteiger partial charge in [0.25, 0.3) is 5.91 Å². The zero-order valence-electron chi connectivity index (χ0n) is 11.6. The van der Waals surface area contributed by atoms with Gasteiger partial charge < -0.3 is 15.2 Å². The molecule has 0 aromatic carbocycles. The molecular weight excluding hydrogens is 242 g/mol. The summed E-state index contributed by atoms with van der Waals surface area (Å²) < 4.78 is 4.87. The molecule has 19 heavy (non-hydrogen) atoms. The predicted molar refractivity (Wildman–Crippen MR) is 73.1 cm³/mol. The van der Waals surface area contributed by atoms with E-state index >= 15 is 0 Å². The van der Waals surface area contributed by atoms with E-state index in [0.29, 0.717) is 24.0 Å². The number of nitrogens with zero attached hydrogens (tertiary/aromatic N) is 1. The molecule has 0 radical (unpaired) electrons. The van der Waals surface area contributed by atoms with Crippen LogP contribution in [-0.4, -0.2) is 30.2 Å². The number of rotatable bonds is 5. The van der Waals surface area contributed by atoms with Gasteiger partial charge in [0.15, 0.2) is 5.69 Å². The van der Waals surface area contributed by atoms with Crippen LogP contribution in [0, 0.1) is 6.92 Å². The van der Waals surface area contributed by atoms with Crippen molar-refractivity contribution in [3.63, 3.8) is 0 Å². The molecule has 0 unspecified atom stereocenters. The molecular formula is C14H23N3O2. The summed E-state index contributed by atoms with van der Waals surface area (Å²) in [4.78, 5) is 11.7. The van der Waals surface area contributed by atoms with E-state index in [1.165, 1.54) is 38.5 Å². The molecule has 1 amide bonds. The lowest BCUT2D eigenvalue weighted by Gasteiger charge is -2.16. The molecule has 0 saturated heterocycles. The maximum absolute atomic E-state index is 11.7. The van der Waals surface area contributed by atoms with Crippen molar-refractivity contribution in [2.75, 3.05) is 13.1 Å². The summed E-state index contributed by atoms with van der Waals surface area (Å²) in [6.45, 7) is 3.21. The largest absolute Gasteiger partial charge is 0.361 e. The fraction of sp³-hybridized carbons (Fsp3) is 0.714. The molecule has 5 heteroatoms. The second kappa shape index (κ2) is 7.28. The Morgan fingerprint density at radius 3 is 2.68 bits per heavy atom. The van der Waals surface area contributed by atoms with E-state index in [9.17, 15) is 4.79 Å². The molecule has 5 nitrogen and oxygen atoms in total. The summed E-state index contributed by atoms with van der Waals surface area (Å²) in [5, 5.41) is 10.0. The van der Waals surface area contributed by atoms with E-state index in [1.807, 2.05) is 0 Å². The Balaban J connectivity index is 1.62. The van der Waals surface area contributed by atoms with Gasteiger partial charge in [0, 0.05) is 25.2 Å². The summed E-state index contributed by atoms with van der Waals surface area (Å²) in [6.07, 6.45) is 7.89. The zero-order valence-corrected chi connectivity index (χ0v) is 11.6. The number of carbonyl (C=O) groups excluding carboxylic acids is 1. The van der Waals surface area contributed by atoms with Crippen LogP contribution >= 0.6 is 0 Å². The monoisotopic (exact) mass is 265 g/mol. The Labute approximate surface area is 114 Å². The van der Waals surface area contributed by atoms with E-state index < -0.39 is 0 Å². The summed E-state index contributed by atoms with van der Waals surface area (Å²) >= 11 is 0. The third kappa shape index (κ3) is 4.67. The Kier molecular flexibility index (Phi) is 5.39. The molecule has 0 bridgehead atoms. The van der Waals surface area contributed by atoms with Gasteiger partial charge in [-0.3, -0.25) is 4.79 Å². The third-order valence-electron chi connectivity index (χ3n) is 3.56. The normalized spacial score (nSPS) is 17.1. The van der Waals surface area contributed by atoms with Gasteiger partial charge in [0.2, 0.25) is 0 Å². The predicted octanol–water partition coefficient (Wildman–Crippen LogP) is 2.03. The minimum absolute atomic E-state index is 0.167. The highest BCUT2D eigenvalue weighted by Gasteiger charge is 2.12. The lowest BCUT2D eigenvalue weighted by atomic mass is 10.1. The first-order valence-corrected chi connectivity index (χ1v) is 7.20. The second-order valence-corrected chi connectivity index (χ2v) is 5.22. The van der Waals surface area contributed by atoms with Crippen molar-refractivity contribution in [2.24, 2.45) is 0 Å². The first-order valence-electron chi connectivity index (χ1n) is 7.20. The molecule has 106 valence electrons. The summed E-state index contributed by atoms with van der Waals surface area (Å²) in [5.41, 5.74) is 0.354. The molecule has 0 atom stereocenters. The fourth-order valence-electron chi connectivity index (χ4n) is 2.50. The van der Waals surface area contributed by atoms with Crippen molar-refractivity contribution in [1.29, 1.82) is 0 Å². The molecule has 2 rings (SSSR count). The Morgan fingerprint density at radius 1 is 1.32 bits per heavy atom. The van der Waals surface area contributed by atoms with Crippen LogP contribution in [-0.2, 0) is 0 Å². The van der Waals surface area contributed by atoms with Gasteiger partial charge in [0.05, 0.1) is 0 Å². The van der Waals surface area contributed by atoms with Crippen LogP contribution in [0.3, 0.4) is 0 Å². The van der Waals surface area contributed by atoms with Gasteiger partial charge >= 0.3 is 0 Å². The minimum atomic E-state index is -0.167. The van der Waals surface area contributed by atoms with Crippen LogP contribution < -0.4 is 10.6 Å². The van der Waals surface area contributed by atoms with Gasteiger partial charge in [-0.1, -0.05) is 30.8 Å². The summed E-state index contributed by atoms with van der Waals surface area (Å²) in [7, 11) is 0. The smallest absolute Gasteiger partial charge is 0.273 e. The van der Waals surface area contributed by atoms with Crippen molar-refractivity contribution in [3.05, 3.63) is 17.5 Å². The third-order valence-corrected chi connectivity index (χ3v) is 3.56. The number of amides is 1. The highest BCUT2D eigenvalue weighted by atomic mass is 16.5. The van der Waals surface area contributed by atoms with E-state index in [-0.39, 0.29) is 5.91 Å². The molecule has 1 saturated carbocycles. The average Bonchev–Trinajstić information content (AvgIpc) is 2.68. The van der Waals surface area contributed by atoms with Crippen LogP contribution in [0.15, 0.2) is 10.6 Å². The lowest BCUT2D eigenvalue weighted by Crippen LogP contribution is -2.36. The SMILES string of the molecule is Cc1cc(C(=O)NCCNC2CCCCCC2)no1. The number of hydrogen-bond acceptors (Lipinski definition) is 4. The highest BCUT2D eigenvalue weighted by molar-refractivity contribution is 5.92. The number of aromatic nitrogens is 1. The minimum Gasteiger partial charge on any atom is -0.361 e. The Hall–Kier alpha value is -1.36. The van der Waals surface area contributed by atoms with Crippen molar-refractivity contribution < 1.29 is 9.32 Å². The van der Waals surface area contributed by atoms with E-state index in [0.717, 1.165) is 6.54 Å². The standard InChI is InChI=1S/C14H23N3O2/c1-11-10-13(17-19-11)14(18)16-9-8-15-12-6-4-2-3-5-7-12/h10,12,15H,2-9H2,1H3,(H,16,18). The number of aryl methyl sites for hydroxylation is 1. The molecule has 1 heterocycles. The molecule has 2 N–H and O–H groups in total. The summed E-state index contributed by atoms with van der Waals surface area (Å²) in [5.74, 6) is 0.487. The van der Waals surface area contributed by atoms with Gasteiger partial charge in [-0.15, -0.1) is 0 Å². The molecule has 0 spiro atoms. The van der Waals surface area contributed by atoms with Gasteiger partial charge in [0.1, 0.15) is 5.76 Å². The van der Waals surface area contributed by atoms with E-state index in [1.54, 1.807) is 13.0 Å². The maximum Gasteiger partial charge on any atom is 0.273 e. The van der Waals surface area contributed by atoms with Crippen LogP contribution in [0.25, 0.3) is 0 Å². The maximum atomic E-state index is 11.7. The van der Waals surface area contributed by atoms with Crippen molar-refractivity contribution in [2.45, 2.75) is 51.5 Å². The first kappa shape index (κ1) is 14.1. The average molecular weight is 265 g/mol. The van der Waals surface area contributed by atoms with Gasteiger partial charge in [-0.25, -0.2) is 0 Å². The van der Waals surface area contributed by atoms with Crippen LogP contribution in [0.1, 0.15) is 54.8 Å². The van der Waals surface area contributed by atoms with Crippen LogP contribution in [0.4, 0.5) is 0 Å². The molecule has 1 aliphatic rings. The van der Waals surface area contributed by atoms with Crippen LogP contribution in [0.2, 0.25) is 0 Å². The molecule has 1 aliphatic carbocycles. The number of hydrogen-bond donors (Lipinski definition) is 2. The van der Waals surface area contributed by atoms with E-state index in [4.69, 9.17) is 4.52 Å². The Morgan fingerprint density at radius 2 is 2.05 bits per heavy atom. The number of carbonyl (C=O) groups is 1. The van der Waals surface area contributed by atoms with Crippen molar-refractivity contribution in [1.82, 2.24) is 15.8 Å². The topological polar surface area (TPSA) is 67.2 Å². The summed E-state index contributed by atoms with van der Waals surface area (Å²) in [6, 6.07) is 2.27. The number of nitrogens with one attached hydrogen (secondary N) is 2. The lowest BCUT2D eigenvalue weighted by molar-refractivity contribution is 0.0944. The quantitative estimate of drug-likeness (QED) is 0.631. The first-order chi connectivity index (χ1) is 9.25. The zero-order chi connectivity index (χ0) is 13.5. The highest BCUT2D eigenvalue weighted by Crippen LogP contribution is 2.16. The van der Waals surface area contributed by atoms with Crippen LogP contribution in [0.5, 0.6) is 0 Å². The molecule has 1 aromatic rings. The van der Waals surface area contributed by atoms with E-state index in [2.05, 4.69) is 15.8 Å². The van der Waals surface area contributed by atoms with Crippen molar-refractivity contribution in [3.8, 4) is 0 Å². The van der Waals surface area contributed by atoms with Gasteiger partial charge in [-0.05, 0) is 19.8 Å². The molecule has 1 aromatic heterocycles. The van der Waals surface area contributed by atoms with Gasteiger partial charge in [-0.2, -0.15) is 0 Å². The fourth-order valence-corrected chi connectivity index (χ4v) is 2.50. The second-order valence-electron chi connectivity index (χ2n) is 5.22. The molecule has 1 fully saturated rings. The molecule has 0 aliphatic heterocycles. The van der Waals surface area contributed by atoms with Crippen molar-refractivity contribution >= 4 is 5.91 Å².